The van der Waals surface area contributed by atoms with Crippen molar-refractivity contribution in [3.63, 3.8) is 0 Å². The van der Waals surface area contributed by atoms with E-state index in [9.17, 15) is 4.79 Å². The number of nitrogens with one attached hydrogen (secondary N) is 1. The van der Waals surface area contributed by atoms with Crippen LogP contribution in [0.25, 0.3) is 10.9 Å². The molecule has 0 aliphatic heterocycles. The number of carbonyl (C=O) groups is 1. The Balaban J connectivity index is 1.95. The summed E-state index contributed by atoms with van der Waals surface area (Å²) < 4.78 is 1.73. The predicted molar refractivity (Wildman–Crippen MR) is 82.3 cm³/mol. The quantitative estimate of drug-likeness (QED) is 0.802. The Kier molecular flexibility index (Phi) is 3.39. The van der Waals surface area contributed by atoms with Gasteiger partial charge in [0.25, 0.3) is 5.91 Å². The van der Waals surface area contributed by atoms with Crippen molar-refractivity contribution in [2.45, 2.75) is 20.4 Å². The van der Waals surface area contributed by atoms with Crippen molar-refractivity contribution in [2.24, 2.45) is 0 Å². The zero-order valence-electron chi connectivity index (χ0n) is 12.0. The van der Waals surface area contributed by atoms with Crippen LogP contribution in [-0.2, 0) is 6.54 Å². The van der Waals surface area contributed by atoms with Crippen molar-refractivity contribution in [2.75, 3.05) is 5.32 Å². The van der Waals surface area contributed by atoms with Gasteiger partial charge in [-0.25, -0.2) is 0 Å². The lowest BCUT2D eigenvalue weighted by Gasteiger charge is -2.08. The van der Waals surface area contributed by atoms with Crippen LogP contribution in [-0.4, -0.2) is 20.7 Å². The molecule has 1 aromatic carbocycles. The van der Waals surface area contributed by atoms with Crippen molar-refractivity contribution in [3.05, 3.63) is 54.0 Å². The molecule has 0 atom stereocenters. The number of amides is 1. The normalized spacial score (nSPS) is 10.8. The van der Waals surface area contributed by atoms with Crippen LogP contribution < -0.4 is 5.32 Å². The molecule has 0 aliphatic rings. The minimum absolute atomic E-state index is 0.210. The Labute approximate surface area is 122 Å². The van der Waals surface area contributed by atoms with Gasteiger partial charge < -0.3 is 5.32 Å². The number of hydrogen-bond acceptors (Lipinski definition) is 3. The van der Waals surface area contributed by atoms with Crippen molar-refractivity contribution < 1.29 is 4.79 Å². The molecule has 0 unspecified atom stereocenters. The summed E-state index contributed by atoms with van der Waals surface area (Å²) in [5.41, 5.74) is 2.90. The molecule has 5 nitrogen and oxygen atoms in total. The minimum atomic E-state index is -0.210. The predicted octanol–water partition coefficient (Wildman–Crippen LogP) is 3.01. The Morgan fingerprint density at radius 2 is 2.10 bits per heavy atom. The van der Waals surface area contributed by atoms with Gasteiger partial charge in [-0.3, -0.25) is 14.5 Å². The standard InChI is InChI=1S/C16H16N4O/c1-3-20-9-8-14(19-20)16(21)18-15-10-11(2)17-13-7-5-4-6-12(13)15/h4-10H,3H2,1-2H3,(H,17,18,21). The van der Waals surface area contributed by atoms with Gasteiger partial charge in [-0.15, -0.1) is 0 Å². The van der Waals surface area contributed by atoms with Crippen LogP contribution in [0.15, 0.2) is 42.6 Å². The van der Waals surface area contributed by atoms with Crippen molar-refractivity contribution >= 4 is 22.5 Å². The molecule has 2 heterocycles. The lowest BCUT2D eigenvalue weighted by atomic mass is 10.1. The largest absolute Gasteiger partial charge is 0.320 e. The zero-order valence-corrected chi connectivity index (χ0v) is 12.0. The molecule has 0 saturated carbocycles. The molecule has 0 spiro atoms. The third kappa shape index (κ3) is 2.63. The maximum atomic E-state index is 12.3. The highest BCUT2D eigenvalue weighted by Crippen LogP contribution is 2.23. The Bertz CT molecular complexity index is 807. The van der Waals surface area contributed by atoms with E-state index in [0.717, 1.165) is 28.8 Å². The smallest absolute Gasteiger partial charge is 0.276 e. The first-order chi connectivity index (χ1) is 10.2. The highest BCUT2D eigenvalue weighted by Gasteiger charge is 2.12. The average Bonchev–Trinajstić information content (AvgIpc) is 2.96. The number of aryl methyl sites for hydroxylation is 2. The molecule has 2 aromatic heterocycles. The number of pyridine rings is 1. The molecule has 106 valence electrons. The SMILES string of the molecule is CCn1ccc(C(=O)Nc2cc(C)nc3ccccc23)n1. The highest BCUT2D eigenvalue weighted by atomic mass is 16.1. The molecule has 3 aromatic rings. The molecule has 1 N–H and O–H groups in total. The number of aromatic nitrogens is 3. The summed E-state index contributed by atoms with van der Waals surface area (Å²) in [6.07, 6.45) is 1.80. The molecule has 0 radical (unpaired) electrons. The van der Waals surface area contributed by atoms with Gasteiger partial charge in [0.2, 0.25) is 0 Å². The number of anilines is 1. The number of para-hydroxylation sites is 1. The summed E-state index contributed by atoms with van der Waals surface area (Å²) in [6, 6.07) is 11.3. The van der Waals surface area contributed by atoms with Crippen molar-refractivity contribution in [1.82, 2.24) is 14.8 Å². The Morgan fingerprint density at radius 1 is 1.29 bits per heavy atom. The third-order valence-corrected chi connectivity index (χ3v) is 3.29. The van der Waals surface area contributed by atoms with Crippen molar-refractivity contribution in [1.29, 1.82) is 0 Å². The fraction of sp³-hybridized carbons (Fsp3) is 0.188. The fourth-order valence-electron chi connectivity index (χ4n) is 2.26. The summed E-state index contributed by atoms with van der Waals surface area (Å²) in [7, 11) is 0. The van der Waals surface area contributed by atoms with E-state index in [0.29, 0.717) is 5.69 Å². The van der Waals surface area contributed by atoms with Gasteiger partial charge in [-0.1, -0.05) is 18.2 Å². The summed E-state index contributed by atoms with van der Waals surface area (Å²) in [4.78, 5) is 16.8. The summed E-state index contributed by atoms with van der Waals surface area (Å²) >= 11 is 0. The van der Waals surface area contributed by atoms with Gasteiger partial charge >= 0.3 is 0 Å². The van der Waals surface area contributed by atoms with Crippen LogP contribution in [0.2, 0.25) is 0 Å². The molecule has 21 heavy (non-hydrogen) atoms. The van der Waals surface area contributed by atoms with E-state index in [1.807, 2.05) is 44.2 Å². The number of benzene rings is 1. The number of carbonyl (C=O) groups excluding carboxylic acids is 1. The molecular weight excluding hydrogens is 264 g/mol. The van der Waals surface area contributed by atoms with E-state index >= 15 is 0 Å². The van der Waals surface area contributed by atoms with E-state index in [2.05, 4.69) is 15.4 Å². The molecule has 5 heteroatoms. The van der Waals surface area contributed by atoms with E-state index in [4.69, 9.17) is 0 Å². The summed E-state index contributed by atoms with van der Waals surface area (Å²) in [5.74, 6) is -0.210. The molecule has 0 saturated heterocycles. The first kappa shape index (κ1) is 13.3. The molecule has 0 bridgehead atoms. The van der Waals surface area contributed by atoms with Gasteiger partial charge in [-0.05, 0) is 32.0 Å². The first-order valence-corrected chi connectivity index (χ1v) is 6.88. The molecule has 0 aliphatic carbocycles. The third-order valence-electron chi connectivity index (χ3n) is 3.29. The van der Waals surface area contributed by atoms with E-state index in [1.54, 1.807) is 16.9 Å². The lowest BCUT2D eigenvalue weighted by molar-refractivity contribution is 0.102. The van der Waals surface area contributed by atoms with E-state index in [-0.39, 0.29) is 5.91 Å². The van der Waals surface area contributed by atoms with Crippen LogP contribution in [0.1, 0.15) is 23.1 Å². The summed E-state index contributed by atoms with van der Waals surface area (Å²) in [6.45, 7) is 4.63. The number of hydrogen-bond donors (Lipinski definition) is 1. The Morgan fingerprint density at radius 3 is 2.86 bits per heavy atom. The average molecular weight is 280 g/mol. The first-order valence-electron chi connectivity index (χ1n) is 6.88. The second-order valence-corrected chi connectivity index (χ2v) is 4.84. The lowest BCUT2D eigenvalue weighted by Crippen LogP contribution is -2.14. The van der Waals surface area contributed by atoms with Gasteiger partial charge in [0.1, 0.15) is 0 Å². The van der Waals surface area contributed by atoms with Gasteiger partial charge in [0.05, 0.1) is 11.2 Å². The van der Waals surface area contributed by atoms with Crippen LogP contribution >= 0.6 is 0 Å². The topological polar surface area (TPSA) is 59.8 Å². The van der Waals surface area contributed by atoms with Crippen LogP contribution in [0, 0.1) is 6.92 Å². The van der Waals surface area contributed by atoms with Gasteiger partial charge in [0, 0.05) is 23.8 Å². The minimum Gasteiger partial charge on any atom is -0.320 e. The monoisotopic (exact) mass is 280 g/mol. The van der Waals surface area contributed by atoms with Crippen LogP contribution in [0.4, 0.5) is 5.69 Å². The second-order valence-electron chi connectivity index (χ2n) is 4.84. The number of nitrogens with zero attached hydrogens (tertiary/aromatic N) is 3. The number of fused-ring (bicyclic) bond motifs is 1. The molecule has 1 amide bonds. The van der Waals surface area contributed by atoms with E-state index < -0.39 is 0 Å². The highest BCUT2D eigenvalue weighted by molar-refractivity contribution is 6.07. The zero-order chi connectivity index (χ0) is 14.8. The maximum absolute atomic E-state index is 12.3. The van der Waals surface area contributed by atoms with Crippen LogP contribution in [0.5, 0.6) is 0 Å². The molecule has 3 rings (SSSR count). The Hall–Kier alpha value is -2.69. The van der Waals surface area contributed by atoms with Crippen molar-refractivity contribution in [3.8, 4) is 0 Å². The summed E-state index contributed by atoms with van der Waals surface area (Å²) in [5, 5.41) is 8.06. The van der Waals surface area contributed by atoms with Gasteiger partial charge in [0.15, 0.2) is 5.69 Å². The fourth-order valence-corrected chi connectivity index (χ4v) is 2.26. The molecule has 0 fully saturated rings. The van der Waals surface area contributed by atoms with E-state index in [1.165, 1.54) is 0 Å². The van der Waals surface area contributed by atoms with Crippen LogP contribution in [0.3, 0.4) is 0 Å². The number of rotatable bonds is 3. The van der Waals surface area contributed by atoms with Gasteiger partial charge in [-0.2, -0.15) is 5.10 Å². The maximum Gasteiger partial charge on any atom is 0.276 e. The second kappa shape index (κ2) is 5.36. The molecular formula is C16H16N4O.